The first kappa shape index (κ1) is 16.1. The highest BCUT2D eigenvalue weighted by molar-refractivity contribution is 6.70. The van der Waals surface area contributed by atoms with Gasteiger partial charge in [0.2, 0.25) is 0 Å². The molecule has 0 aliphatic carbocycles. The molecule has 0 radical (unpaired) electrons. The van der Waals surface area contributed by atoms with Crippen LogP contribution in [0.4, 0.5) is 0 Å². The molecule has 18 heavy (non-hydrogen) atoms. The van der Waals surface area contributed by atoms with Crippen LogP contribution in [0.15, 0.2) is 0 Å². The molecule has 0 amide bonds. The Bertz CT molecular complexity index is 255. The van der Waals surface area contributed by atoms with Gasteiger partial charge >= 0.3 is 8.56 Å². The van der Waals surface area contributed by atoms with Gasteiger partial charge in [-0.3, -0.25) is 0 Å². The Morgan fingerprint density at radius 2 is 1.72 bits per heavy atom. The highest BCUT2D eigenvalue weighted by atomic mass is 28.4. The summed E-state index contributed by atoms with van der Waals surface area (Å²) in [6.07, 6.45) is 2.00. The van der Waals surface area contributed by atoms with E-state index in [0.29, 0.717) is 0 Å². The number of methoxy groups -OCH3 is 1. The first-order chi connectivity index (χ1) is 8.51. The van der Waals surface area contributed by atoms with Crippen molar-refractivity contribution in [2.75, 3.05) is 34.5 Å². The maximum atomic E-state index is 6.06. The molecular weight excluding hydrogens is 248 g/mol. The minimum Gasteiger partial charge on any atom is -0.396 e. The van der Waals surface area contributed by atoms with Crippen molar-refractivity contribution in [3.63, 3.8) is 0 Å². The van der Waals surface area contributed by atoms with Gasteiger partial charge in [0, 0.05) is 26.7 Å². The second kappa shape index (κ2) is 6.01. The fourth-order valence-electron chi connectivity index (χ4n) is 3.44. The third kappa shape index (κ3) is 2.06. The lowest BCUT2D eigenvalue weighted by atomic mass is 9.79. The lowest BCUT2D eigenvalue weighted by molar-refractivity contribution is -0.207. The van der Waals surface area contributed by atoms with Gasteiger partial charge in [0.25, 0.3) is 0 Å². The van der Waals surface area contributed by atoms with Crippen molar-refractivity contribution < 1.29 is 18.3 Å². The van der Waals surface area contributed by atoms with E-state index in [4.69, 9.17) is 18.3 Å². The molecule has 0 spiro atoms. The summed E-state index contributed by atoms with van der Waals surface area (Å²) in [4.78, 5) is 0. The molecule has 1 rings (SSSR count). The SMILES string of the molecule is CCCC(OC)(C1(C)COC1)[Si](CC)(OC)OC. The molecule has 108 valence electrons. The molecule has 1 saturated heterocycles. The molecule has 1 heterocycles. The van der Waals surface area contributed by atoms with Crippen LogP contribution < -0.4 is 0 Å². The third-order valence-electron chi connectivity index (χ3n) is 4.51. The van der Waals surface area contributed by atoms with Crippen molar-refractivity contribution in [1.29, 1.82) is 0 Å². The fraction of sp³-hybridized carbons (Fsp3) is 1.00. The largest absolute Gasteiger partial charge is 0.396 e. The molecule has 0 saturated carbocycles. The molecule has 0 aromatic heterocycles. The zero-order valence-corrected chi connectivity index (χ0v) is 13.7. The van der Waals surface area contributed by atoms with Gasteiger partial charge in [0.05, 0.1) is 13.2 Å². The molecular formula is C13H28O4Si. The summed E-state index contributed by atoms with van der Waals surface area (Å²) < 4.78 is 23.3. The summed E-state index contributed by atoms with van der Waals surface area (Å²) in [7, 11) is 2.87. The van der Waals surface area contributed by atoms with E-state index in [2.05, 4.69) is 20.8 Å². The Morgan fingerprint density at radius 3 is 1.94 bits per heavy atom. The van der Waals surface area contributed by atoms with Gasteiger partial charge in [-0.15, -0.1) is 0 Å². The summed E-state index contributed by atoms with van der Waals surface area (Å²) in [5.74, 6) is 0. The van der Waals surface area contributed by atoms with E-state index in [9.17, 15) is 0 Å². The monoisotopic (exact) mass is 276 g/mol. The van der Waals surface area contributed by atoms with Crippen LogP contribution in [0.1, 0.15) is 33.6 Å². The van der Waals surface area contributed by atoms with E-state index >= 15 is 0 Å². The summed E-state index contributed by atoms with van der Waals surface area (Å²) in [6.45, 7) is 7.98. The Hall–Kier alpha value is 0.0569. The minimum absolute atomic E-state index is 0.00792. The highest BCUT2D eigenvalue weighted by Gasteiger charge is 2.67. The summed E-state index contributed by atoms with van der Waals surface area (Å²) in [5.41, 5.74) is -0.00792. The average Bonchev–Trinajstić information content (AvgIpc) is 2.37. The standard InChI is InChI=1S/C13H28O4Si/c1-7-9-13(14-4,12(3)10-17-11-12)18(8-2,15-5)16-6/h7-11H2,1-6H3. The van der Waals surface area contributed by atoms with Crippen LogP contribution in [0.5, 0.6) is 0 Å². The summed E-state index contributed by atoms with van der Waals surface area (Å²) in [6, 6.07) is 0.878. The van der Waals surface area contributed by atoms with Crippen molar-refractivity contribution in [3.05, 3.63) is 0 Å². The van der Waals surface area contributed by atoms with Crippen LogP contribution >= 0.6 is 0 Å². The quantitative estimate of drug-likeness (QED) is 0.638. The molecule has 0 N–H and O–H groups in total. The lowest BCUT2D eigenvalue weighted by Gasteiger charge is -2.57. The van der Waals surface area contributed by atoms with E-state index in [0.717, 1.165) is 32.1 Å². The van der Waals surface area contributed by atoms with Crippen LogP contribution in [0.3, 0.4) is 0 Å². The van der Waals surface area contributed by atoms with E-state index in [-0.39, 0.29) is 10.6 Å². The lowest BCUT2D eigenvalue weighted by Crippen LogP contribution is -2.74. The van der Waals surface area contributed by atoms with E-state index < -0.39 is 8.56 Å². The Kier molecular flexibility index (Phi) is 5.38. The molecule has 1 unspecified atom stereocenters. The van der Waals surface area contributed by atoms with Crippen molar-refractivity contribution in [2.24, 2.45) is 5.41 Å². The Morgan fingerprint density at radius 1 is 1.17 bits per heavy atom. The van der Waals surface area contributed by atoms with Gasteiger partial charge in [0.15, 0.2) is 0 Å². The summed E-state index contributed by atoms with van der Waals surface area (Å²) in [5, 5.41) is -0.342. The molecule has 4 nitrogen and oxygen atoms in total. The molecule has 1 atom stereocenters. The second-order valence-corrected chi connectivity index (χ2v) is 9.19. The maximum Gasteiger partial charge on any atom is 0.371 e. The fourth-order valence-corrected chi connectivity index (χ4v) is 7.42. The first-order valence-corrected chi connectivity index (χ1v) is 8.77. The van der Waals surface area contributed by atoms with E-state index in [1.807, 2.05) is 0 Å². The molecule has 0 aromatic rings. The van der Waals surface area contributed by atoms with Crippen molar-refractivity contribution in [3.8, 4) is 0 Å². The zero-order chi connectivity index (χ0) is 13.9. The molecule has 1 aliphatic rings. The van der Waals surface area contributed by atoms with Crippen LogP contribution in [0, 0.1) is 5.41 Å². The highest BCUT2D eigenvalue weighted by Crippen LogP contribution is 2.50. The first-order valence-electron chi connectivity index (χ1n) is 6.74. The average molecular weight is 276 g/mol. The van der Waals surface area contributed by atoms with E-state index in [1.165, 1.54) is 0 Å². The predicted octanol–water partition coefficient (Wildman–Crippen LogP) is 2.50. The normalized spacial score (nSPS) is 22.3. The van der Waals surface area contributed by atoms with Crippen LogP contribution in [0.2, 0.25) is 6.04 Å². The smallest absolute Gasteiger partial charge is 0.371 e. The number of ether oxygens (including phenoxy) is 2. The van der Waals surface area contributed by atoms with Crippen LogP contribution in [-0.4, -0.2) is 48.3 Å². The van der Waals surface area contributed by atoms with Gasteiger partial charge in [-0.2, -0.15) is 0 Å². The van der Waals surface area contributed by atoms with Crippen molar-refractivity contribution in [1.82, 2.24) is 0 Å². The molecule has 0 aromatic carbocycles. The second-order valence-electron chi connectivity index (χ2n) is 5.35. The third-order valence-corrected chi connectivity index (χ3v) is 9.05. The summed E-state index contributed by atoms with van der Waals surface area (Å²) >= 11 is 0. The van der Waals surface area contributed by atoms with Gasteiger partial charge in [-0.05, 0) is 12.5 Å². The number of hydrogen-bond donors (Lipinski definition) is 0. The Labute approximate surface area is 112 Å². The van der Waals surface area contributed by atoms with Crippen LogP contribution in [-0.2, 0) is 18.3 Å². The maximum absolute atomic E-state index is 6.06. The molecule has 1 aliphatic heterocycles. The van der Waals surface area contributed by atoms with Crippen molar-refractivity contribution >= 4 is 8.56 Å². The number of rotatable bonds is 8. The van der Waals surface area contributed by atoms with Gasteiger partial charge < -0.3 is 18.3 Å². The van der Waals surface area contributed by atoms with E-state index in [1.54, 1.807) is 21.3 Å². The molecule has 5 heteroatoms. The topological polar surface area (TPSA) is 36.9 Å². The predicted molar refractivity (Wildman–Crippen MR) is 73.8 cm³/mol. The van der Waals surface area contributed by atoms with Gasteiger partial charge in [-0.1, -0.05) is 27.2 Å². The van der Waals surface area contributed by atoms with Gasteiger partial charge in [-0.25, -0.2) is 0 Å². The Balaban J connectivity index is 3.24. The van der Waals surface area contributed by atoms with Crippen molar-refractivity contribution in [2.45, 2.75) is 44.9 Å². The molecule has 0 bridgehead atoms. The zero-order valence-electron chi connectivity index (χ0n) is 12.7. The van der Waals surface area contributed by atoms with Crippen LogP contribution in [0.25, 0.3) is 0 Å². The molecule has 1 fully saturated rings. The van der Waals surface area contributed by atoms with Gasteiger partial charge in [0.1, 0.15) is 5.22 Å². The number of hydrogen-bond acceptors (Lipinski definition) is 4. The minimum atomic E-state index is -2.43.